The van der Waals surface area contributed by atoms with Gasteiger partial charge in [-0.05, 0) is 19.4 Å². The molecule has 4 N–H and O–H groups in total. The molecule has 0 spiro atoms. The lowest BCUT2D eigenvalue weighted by Crippen LogP contribution is -2.22. The van der Waals surface area contributed by atoms with Gasteiger partial charge in [0.15, 0.2) is 5.13 Å². The van der Waals surface area contributed by atoms with E-state index in [1.165, 1.54) is 11.3 Å². The van der Waals surface area contributed by atoms with Crippen LogP contribution in [-0.4, -0.2) is 16.9 Å². The van der Waals surface area contributed by atoms with Crippen LogP contribution in [0.1, 0.15) is 29.1 Å². The van der Waals surface area contributed by atoms with Gasteiger partial charge in [0.05, 0.1) is 0 Å². The molecule has 0 saturated carbocycles. The van der Waals surface area contributed by atoms with Crippen LogP contribution in [-0.2, 0) is 6.54 Å². The summed E-state index contributed by atoms with van der Waals surface area (Å²) in [6.45, 7) is 4.49. The van der Waals surface area contributed by atoms with Crippen LogP contribution in [0.5, 0.6) is 0 Å². The van der Waals surface area contributed by atoms with Crippen LogP contribution in [0.15, 0.2) is 30.3 Å². The number of nitrogens with zero attached hydrogens (tertiary/aromatic N) is 1. The van der Waals surface area contributed by atoms with E-state index in [0.717, 1.165) is 5.56 Å². The Balaban J connectivity index is 2.00. The SMILES string of the molecule is CC(C)Nc1nc(N)c(C(=O)NCc2ccccc2)s1. The predicted molar refractivity (Wildman–Crippen MR) is 82.9 cm³/mol. The van der Waals surface area contributed by atoms with E-state index in [2.05, 4.69) is 15.6 Å². The number of benzene rings is 1. The lowest BCUT2D eigenvalue weighted by molar-refractivity contribution is 0.0955. The minimum Gasteiger partial charge on any atom is -0.382 e. The standard InChI is InChI=1S/C14H18N4OS/c1-9(2)17-14-18-12(15)11(20-14)13(19)16-8-10-6-4-3-5-7-10/h3-7,9H,8,15H2,1-2H3,(H,16,19)(H,17,18). The number of carbonyl (C=O) groups excluding carboxylic acids is 1. The minimum atomic E-state index is -0.194. The van der Waals surface area contributed by atoms with Gasteiger partial charge in [-0.25, -0.2) is 4.98 Å². The molecule has 0 saturated heterocycles. The number of aromatic nitrogens is 1. The second kappa shape index (κ2) is 6.38. The molecule has 0 fully saturated rings. The smallest absolute Gasteiger partial charge is 0.265 e. The second-order valence-electron chi connectivity index (χ2n) is 4.70. The summed E-state index contributed by atoms with van der Waals surface area (Å²) in [6.07, 6.45) is 0. The molecule has 0 aliphatic heterocycles. The third kappa shape index (κ3) is 3.71. The number of hydrogen-bond donors (Lipinski definition) is 3. The number of amides is 1. The molecule has 20 heavy (non-hydrogen) atoms. The first-order valence-corrected chi connectivity index (χ1v) is 7.23. The molecular weight excluding hydrogens is 272 g/mol. The van der Waals surface area contributed by atoms with Crippen molar-refractivity contribution in [2.24, 2.45) is 0 Å². The molecule has 0 aliphatic rings. The van der Waals surface area contributed by atoms with Crippen molar-refractivity contribution < 1.29 is 4.79 Å². The van der Waals surface area contributed by atoms with E-state index in [-0.39, 0.29) is 17.8 Å². The Morgan fingerprint density at radius 1 is 1.35 bits per heavy atom. The summed E-state index contributed by atoms with van der Waals surface area (Å²) in [4.78, 5) is 16.7. The molecule has 0 radical (unpaired) electrons. The van der Waals surface area contributed by atoms with E-state index in [1.807, 2.05) is 44.2 Å². The number of nitrogen functional groups attached to an aromatic ring is 1. The average Bonchev–Trinajstić information content (AvgIpc) is 2.77. The fraction of sp³-hybridized carbons (Fsp3) is 0.286. The van der Waals surface area contributed by atoms with E-state index >= 15 is 0 Å². The molecule has 1 amide bonds. The van der Waals surface area contributed by atoms with Crippen molar-refractivity contribution in [3.05, 3.63) is 40.8 Å². The molecule has 0 aliphatic carbocycles. The van der Waals surface area contributed by atoms with E-state index < -0.39 is 0 Å². The average molecular weight is 290 g/mol. The molecule has 1 aromatic carbocycles. The van der Waals surface area contributed by atoms with E-state index in [9.17, 15) is 4.79 Å². The summed E-state index contributed by atoms with van der Waals surface area (Å²) in [5.41, 5.74) is 6.83. The molecule has 2 rings (SSSR count). The van der Waals surface area contributed by atoms with Crippen molar-refractivity contribution in [1.82, 2.24) is 10.3 Å². The zero-order valence-corrected chi connectivity index (χ0v) is 12.3. The van der Waals surface area contributed by atoms with Gasteiger partial charge in [0.1, 0.15) is 10.7 Å². The third-order valence-electron chi connectivity index (χ3n) is 2.57. The second-order valence-corrected chi connectivity index (χ2v) is 5.70. The summed E-state index contributed by atoms with van der Waals surface area (Å²) in [5, 5.41) is 6.66. The number of carbonyl (C=O) groups is 1. The van der Waals surface area contributed by atoms with E-state index in [1.54, 1.807) is 0 Å². The first-order chi connectivity index (χ1) is 9.56. The molecule has 1 aromatic heterocycles. The molecule has 1 heterocycles. The van der Waals surface area contributed by atoms with Crippen LogP contribution in [0.25, 0.3) is 0 Å². The van der Waals surface area contributed by atoms with Crippen molar-refractivity contribution >= 4 is 28.2 Å². The van der Waals surface area contributed by atoms with Crippen LogP contribution in [0.2, 0.25) is 0 Å². The summed E-state index contributed by atoms with van der Waals surface area (Å²) in [6, 6.07) is 9.99. The van der Waals surface area contributed by atoms with Crippen LogP contribution >= 0.6 is 11.3 Å². The number of anilines is 2. The van der Waals surface area contributed by atoms with Gasteiger partial charge in [0.25, 0.3) is 5.91 Å². The number of thiazole rings is 1. The highest BCUT2D eigenvalue weighted by atomic mass is 32.1. The summed E-state index contributed by atoms with van der Waals surface area (Å²) >= 11 is 1.27. The highest BCUT2D eigenvalue weighted by Crippen LogP contribution is 2.25. The minimum absolute atomic E-state index is 0.194. The first-order valence-electron chi connectivity index (χ1n) is 6.41. The van der Waals surface area contributed by atoms with E-state index in [0.29, 0.717) is 16.6 Å². The molecule has 0 atom stereocenters. The Morgan fingerprint density at radius 2 is 2.05 bits per heavy atom. The Bertz CT molecular complexity index is 580. The van der Waals surface area contributed by atoms with Gasteiger partial charge in [0, 0.05) is 12.6 Å². The predicted octanol–water partition coefficient (Wildman–Crippen LogP) is 2.48. The molecule has 2 aromatic rings. The lowest BCUT2D eigenvalue weighted by Gasteiger charge is -2.04. The molecule has 5 nitrogen and oxygen atoms in total. The van der Waals surface area contributed by atoms with Gasteiger partial charge in [-0.1, -0.05) is 41.7 Å². The quantitative estimate of drug-likeness (QED) is 0.790. The van der Waals surface area contributed by atoms with Gasteiger partial charge in [-0.2, -0.15) is 0 Å². The molecule has 0 unspecified atom stereocenters. The Morgan fingerprint density at radius 3 is 2.70 bits per heavy atom. The van der Waals surface area contributed by atoms with Crippen LogP contribution in [0, 0.1) is 0 Å². The van der Waals surface area contributed by atoms with Crippen molar-refractivity contribution in [3.8, 4) is 0 Å². The summed E-state index contributed by atoms with van der Waals surface area (Å²) in [5.74, 6) is 0.0735. The van der Waals surface area contributed by atoms with Crippen LogP contribution < -0.4 is 16.4 Å². The molecular formula is C14H18N4OS. The van der Waals surface area contributed by atoms with Crippen LogP contribution in [0.4, 0.5) is 10.9 Å². The van der Waals surface area contributed by atoms with Gasteiger partial charge in [-0.3, -0.25) is 4.79 Å². The van der Waals surface area contributed by atoms with E-state index in [4.69, 9.17) is 5.73 Å². The van der Waals surface area contributed by atoms with Crippen molar-refractivity contribution in [1.29, 1.82) is 0 Å². The zero-order chi connectivity index (χ0) is 14.5. The Kier molecular flexibility index (Phi) is 4.57. The first kappa shape index (κ1) is 14.3. The Labute approximate surface area is 122 Å². The lowest BCUT2D eigenvalue weighted by atomic mass is 10.2. The maximum atomic E-state index is 12.1. The third-order valence-corrected chi connectivity index (χ3v) is 3.57. The zero-order valence-electron chi connectivity index (χ0n) is 11.5. The van der Waals surface area contributed by atoms with Crippen molar-refractivity contribution in [2.75, 3.05) is 11.1 Å². The Hall–Kier alpha value is -2.08. The van der Waals surface area contributed by atoms with Crippen molar-refractivity contribution in [3.63, 3.8) is 0 Å². The number of nitrogens with two attached hydrogens (primary N) is 1. The topological polar surface area (TPSA) is 80.0 Å². The van der Waals surface area contributed by atoms with Gasteiger partial charge in [-0.15, -0.1) is 0 Å². The van der Waals surface area contributed by atoms with Crippen molar-refractivity contribution in [2.45, 2.75) is 26.4 Å². The van der Waals surface area contributed by atoms with Gasteiger partial charge >= 0.3 is 0 Å². The maximum Gasteiger partial charge on any atom is 0.265 e. The summed E-state index contributed by atoms with van der Waals surface area (Å²) < 4.78 is 0. The maximum absolute atomic E-state index is 12.1. The van der Waals surface area contributed by atoms with Gasteiger partial charge in [0.2, 0.25) is 0 Å². The number of hydrogen-bond acceptors (Lipinski definition) is 5. The monoisotopic (exact) mass is 290 g/mol. The number of rotatable bonds is 5. The normalized spacial score (nSPS) is 10.6. The fourth-order valence-electron chi connectivity index (χ4n) is 1.66. The molecule has 0 bridgehead atoms. The fourth-order valence-corrected chi connectivity index (χ4v) is 2.61. The molecule has 106 valence electrons. The highest BCUT2D eigenvalue weighted by Gasteiger charge is 2.16. The van der Waals surface area contributed by atoms with Crippen LogP contribution in [0.3, 0.4) is 0 Å². The summed E-state index contributed by atoms with van der Waals surface area (Å²) in [7, 11) is 0. The van der Waals surface area contributed by atoms with Gasteiger partial charge < -0.3 is 16.4 Å². The molecule has 6 heteroatoms. The highest BCUT2D eigenvalue weighted by molar-refractivity contribution is 7.18. The largest absolute Gasteiger partial charge is 0.382 e. The number of nitrogens with one attached hydrogen (secondary N) is 2.